The van der Waals surface area contributed by atoms with E-state index < -0.39 is 0 Å². The van der Waals surface area contributed by atoms with Crippen molar-refractivity contribution in [2.45, 2.75) is 40.2 Å². The molecule has 0 aliphatic carbocycles. The van der Waals surface area contributed by atoms with Crippen molar-refractivity contribution >= 4 is 29.9 Å². The van der Waals surface area contributed by atoms with Crippen LogP contribution in [-0.4, -0.2) is 37.6 Å². The molecule has 2 aromatic rings. The van der Waals surface area contributed by atoms with E-state index >= 15 is 0 Å². The molecule has 1 aliphatic rings. The first-order chi connectivity index (χ1) is 13.7. The number of benzene rings is 1. The van der Waals surface area contributed by atoms with Crippen LogP contribution in [0.1, 0.15) is 37.8 Å². The van der Waals surface area contributed by atoms with Crippen LogP contribution in [0.3, 0.4) is 0 Å². The number of hydrogen-bond donors (Lipinski definition) is 2. The molecule has 2 N–H and O–H groups in total. The number of aromatic nitrogens is 1. The molecule has 3 rings (SSSR count). The van der Waals surface area contributed by atoms with Gasteiger partial charge in [0.05, 0.1) is 18.8 Å². The summed E-state index contributed by atoms with van der Waals surface area (Å²) in [5, 5.41) is 10.7. The zero-order chi connectivity index (χ0) is 19.8. The Bertz CT molecular complexity index is 788. The lowest BCUT2D eigenvalue weighted by atomic mass is 10.1. The molecular formula is C20H29IN4O4. The van der Waals surface area contributed by atoms with Crippen LogP contribution >= 0.6 is 24.0 Å². The van der Waals surface area contributed by atoms with Crippen LogP contribution in [0.5, 0.6) is 17.2 Å². The van der Waals surface area contributed by atoms with E-state index in [0.717, 1.165) is 53.9 Å². The standard InChI is InChI=1S/C20H28N4O4.HI/c1-4-16-15(17(5-2)28-24-16)12-23-20(21-6-3)22-9-10-25-14-7-8-18-19(11-14)27-13-26-18;/h7-8,11H,4-6,9-10,12-13H2,1-3H3,(H2,21,22,23);1H. The molecule has 0 atom stereocenters. The molecule has 0 saturated heterocycles. The number of nitrogens with zero attached hydrogens (tertiary/aromatic N) is 2. The highest BCUT2D eigenvalue weighted by atomic mass is 127. The molecule has 0 radical (unpaired) electrons. The highest BCUT2D eigenvalue weighted by molar-refractivity contribution is 14.0. The van der Waals surface area contributed by atoms with Crippen LogP contribution in [0, 0.1) is 0 Å². The molecule has 2 heterocycles. The fourth-order valence-electron chi connectivity index (χ4n) is 2.92. The summed E-state index contributed by atoms with van der Waals surface area (Å²) in [5.41, 5.74) is 2.06. The Kier molecular flexibility index (Phi) is 9.36. The van der Waals surface area contributed by atoms with Crippen molar-refractivity contribution in [3.05, 3.63) is 35.2 Å². The maximum Gasteiger partial charge on any atom is 0.231 e. The van der Waals surface area contributed by atoms with E-state index in [2.05, 4.69) is 34.6 Å². The first-order valence-corrected chi connectivity index (χ1v) is 9.76. The molecule has 160 valence electrons. The molecule has 0 fully saturated rings. The zero-order valence-electron chi connectivity index (χ0n) is 17.1. The molecule has 9 heteroatoms. The Morgan fingerprint density at radius 3 is 2.72 bits per heavy atom. The van der Waals surface area contributed by atoms with E-state index in [1.54, 1.807) is 0 Å². The summed E-state index contributed by atoms with van der Waals surface area (Å²) in [6, 6.07) is 5.57. The monoisotopic (exact) mass is 516 g/mol. The van der Waals surface area contributed by atoms with Gasteiger partial charge in [-0.15, -0.1) is 24.0 Å². The van der Waals surface area contributed by atoms with Gasteiger partial charge in [0, 0.05) is 24.6 Å². The molecule has 1 aromatic heterocycles. The van der Waals surface area contributed by atoms with Crippen LogP contribution in [0.4, 0.5) is 0 Å². The van der Waals surface area contributed by atoms with Gasteiger partial charge in [-0.3, -0.25) is 0 Å². The van der Waals surface area contributed by atoms with Crippen LogP contribution < -0.4 is 24.8 Å². The Morgan fingerprint density at radius 1 is 1.14 bits per heavy atom. The molecule has 1 aromatic carbocycles. The van der Waals surface area contributed by atoms with Gasteiger partial charge in [0.25, 0.3) is 0 Å². The lowest BCUT2D eigenvalue weighted by molar-refractivity contribution is 0.173. The second-order valence-corrected chi connectivity index (χ2v) is 6.22. The molecular weight excluding hydrogens is 487 g/mol. The minimum absolute atomic E-state index is 0. The summed E-state index contributed by atoms with van der Waals surface area (Å²) in [6.45, 7) is 8.85. The average molecular weight is 516 g/mol. The van der Waals surface area contributed by atoms with Crippen molar-refractivity contribution in [3.63, 3.8) is 0 Å². The van der Waals surface area contributed by atoms with Crippen LogP contribution in [0.25, 0.3) is 0 Å². The molecule has 29 heavy (non-hydrogen) atoms. The zero-order valence-corrected chi connectivity index (χ0v) is 19.4. The van der Waals surface area contributed by atoms with E-state index in [9.17, 15) is 0 Å². The predicted octanol–water partition coefficient (Wildman–Crippen LogP) is 3.28. The van der Waals surface area contributed by atoms with Gasteiger partial charge >= 0.3 is 0 Å². The molecule has 0 spiro atoms. The molecule has 0 bridgehead atoms. The van der Waals surface area contributed by atoms with Gasteiger partial charge in [0.15, 0.2) is 17.5 Å². The van der Waals surface area contributed by atoms with Gasteiger partial charge in [0.1, 0.15) is 18.1 Å². The van der Waals surface area contributed by atoms with Crippen molar-refractivity contribution in [1.82, 2.24) is 15.8 Å². The highest BCUT2D eigenvalue weighted by Crippen LogP contribution is 2.34. The van der Waals surface area contributed by atoms with E-state index in [0.29, 0.717) is 25.4 Å². The highest BCUT2D eigenvalue weighted by Gasteiger charge is 2.14. The van der Waals surface area contributed by atoms with Gasteiger partial charge in [-0.25, -0.2) is 4.99 Å². The van der Waals surface area contributed by atoms with Gasteiger partial charge in [-0.1, -0.05) is 19.0 Å². The smallest absolute Gasteiger partial charge is 0.231 e. The van der Waals surface area contributed by atoms with Gasteiger partial charge in [-0.05, 0) is 25.5 Å². The lowest BCUT2D eigenvalue weighted by Gasteiger charge is -2.12. The van der Waals surface area contributed by atoms with Gasteiger partial charge in [-0.2, -0.15) is 0 Å². The number of rotatable bonds is 9. The Labute approximate surface area is 188 Å². The van der Waals surface area contributed by atoms with Crippen molar-refractivity contribution in [3.8, 4) is 17.2 Å². The number of nitrogens with one attached hydrogen (secondary N) is 2. The first kappa shape index (κ1) is 23.1. The first-order valence-electron chi connectivity index (χ1n) is 9.76. The SMILES string of the molecule is CCNC(=NCc1c(CC)noc1CC)NCCOc1ccc2c(c1)OCO2.I. The van der Waals surface area contributed by atoms with E-state index in [-0.39, 0.29) is 30.8 Å². The van der Waals surface area contributed by atoms with E-state index in [1.165, 1.54) is 0 Å². The second-order valence-electron chi connectivity index (χ2n) is 6.22. The van der Waals surface area contributed by atoms with Crippen molar-refractivity contribution in [1.29, 1.82) is 0 Å². The summed E-state index contributed by atoms with van der Waals surface area (Å²) in [5.74, 6) is 3.86. The number of ether oxygens (including phenoxy) is 3. The van der Waals surface area contributed by atoms with Crippen molar-refractivity contribution in [2.75, 3.05) is 26.5 Å². The summed E-state index contributed by atoms with van der Waals surface area (Å²) < 4.78 is 21.8. The molecule has 1 aliphatic heterocycles. The number of aliphatic imine (C=N–C) groups is 1. The van der Waals surface area contributed by atoms with Crippen LogP contribution in [0.15, 0.2) is 27.7 Å². The lowest BCUT2D eigenvalue weighted by Crippen LogP contribution is -2.39. The minimum atomic E-state index is 0. The minimum Gasteiger partial charge on any atom is -0.492 e. The number of hydrogen-bond acceptors (Lipinski definition) is 6. The largest absolute Gasteiger partial charge is 0.492 e. The maximum atomic E-state index is 5.78. The van der Waals surface area contributed by atoms with Gasteiger partial charge < -0.3 is 29.4 Å². The van der Waals surface area contributed by atoms with Crippen molar-refractivity contribution in [2.24, 2.45) is 4.99 Å². The molecule has 0 unspecified atom stereocenters. The summed E-state index contributed by atoms with van der Waals surface area (Å²) in [6.07, 6.45) is 1.65. The Hall–Kier alpha value is -2.17. The summed E-state index contributed by atoms with van der Waals surface area (Å²) >= 11 is 0. The third kappa shape index (κ3) is 6.15. The third-order valence-corrected chi connectivity index (χ3v) is 4.35. The van der Waals surface area contributed by atoms with Gasteiger partial charge in [0.2, 0.25) is 6.79 Å². The normalized spacial score (nSPS) is 12.4. The van der Waals surface area contributed by atoms with E-state index in [1.807, 2.05) is 25.1 Å². The number of aryl methyl sites for hydroxylation is 2. The molecule has 0 amide bonds. The number of guanidine groups is 1. The number of fused-ring (bicyclic) bond motifs is 1. The van der Waals surface area contributed by atoms with Crippen LogP contribution in [0.2, 0.25) is 0 Å². The summed E-state index contributed by atoms with van der Waals surface area (Å²) in [7, 11) is 0. The predicted molar refractivity (Wildman–Crippen MR) is 122 cm³/mol. The molecule has 8 nitrogen and oxygen atoms in total. The fourth-order valence-corrected chi connectivity index (χ4v) is 2.92. The quantitative estimate of drug-likeness (QED) is 0.229. The molecule has 0 saturated carbocycles. The number of halogens is 1. The van der Waals surface area contributed by atoms with Crippen LogP contribution in [-0.2, 0) is 19.4 Å². The maximum absolute atomic E-state index is 5.78. The third-order valence-electron chi connectivity index (χ3n) is 4.35. The second kappa shape index (κ2) is 11.7. The van der Waals surface area contributed by atoms with Crippen molar-refractivity contribution < 1.29 is 18.7 Å². The fraction of sp³-hybridized carbons (Fsp3) is 0.500. The average Bonchev–Trinajstić information content (AvgIpc) is 3.34. The van der Waals surface area contributed by atoms with E-state index in [4.69, 9.17) is 18.7 Å². The Balaban J connectivity index is 0.00000300. The Morgan fingerprint density at radius 2 is 1.97 bits per heavy atom. The topological polar surface area (TPSA) is 90.1 Å². The summed E-state index contributed by atoms with van der Waals surface area (Å²) in [4.78, 5) is 4.67.